The van der Waals surface area contributed by atoms with Gasteiger partial charge in [-0.05, 0) is 43.9 Å². The van der Waals surface area contributed by atoms with Crippen LogP contribution in [0.1, 0.15) is 25.3 Å². The highest BCUT2D eigenvalue weighted by Gasteiger charge is 2.36. The number of nitrogens with two attached hydrogens (primary N) is 1. The molecule has 0 bridgehead atoms. The Labute approximate surface area is 145 Å². The van der Waals surface area contributed by atoms with E-state index in [1.165, 1.54) is 24.0 Å². The minimum Gasteiger partial charge on any atom is -0.508 e. The maximum absolute atomic E-state index is 12.6. The molecule has 2 rings (SSSR count). The van der Waals surface area contributed by atoms with Crippen LogP contribution in [0.5, 0.6) is 5.75 Å². The summed E-state index contributed by atoms with van der Waals surface area (Å²) in [7, 11) is 0. The van der Waals surface area contributed by atoms with Crippen molar-refractivity contribution in [3.05, 3.63) is 29.8 Å². The van der Waals surface area contributed by atoms with E-state index in [1.54, 1.807) is 12.1 Å². The average Bonchev–Trinajstić information content (AvgIpc) is 3.05. The molecule has 1 aliphatic rings. The molecule has 136 valence electrons. The van der Waals surface area contributed by atoms with Crippen molar-refractivity contribution >= 4 is 17.8 Å². The van der Waals surface area contributed by atoms with Crippen molar-refractivity contribution in [2.24, 2.45) is 5.73 Å². The Morgan fingerprint density at radius 3 is 2.56 bits per heavy atom. The topological polar surface area (TPSA) is 133 Å². The standard InChI is InChI=1S/C17H23N3O5/c1-10(17(24)25)19-15(22)14-3-2-8-20(14)16(23)13(18)9-11-4-6-12(21)7-5-11/h4-7,10,13-14,21H,2-3,8-9,18H2,1H3,(H,19,22)(H,24,25). The van der Waals surface area contributed by atoms with Crippen LogP contribution in [0.25, 0.3) is 0 Å². The molecule has 25 heavy (non-hydrogen) atoms. The molecule has 0 aromatic heterocycles. The van der Waals surface area contributed by atoms with Gasteiger partial charge in [0.1, 0.15) is 17.8 Å². The molecule has 8 nitrogen and oxygen atoms in total. The van der Waals surface area contributed by atoms with Gasteiger partial charge in [-0.25, -0.2) is 0 Å². The number of hydrogen-bond acceptors (Lipinski definition) is 5. The number of benzene rings is 1. The van der Waals surface area contributed by atoms with Crippen LogP contribution in [-0.2, 0) is 20.8 Å². The number of carboxylic acid groups (broad SMARTS) is 1. The summed E-state index contributed by atoms with van der Waals surface area (Å²) < 4.78 is 0. The highest BCUT2D eigenvalue weighted by molar-refractivity contribution is 5.92. The van der Waals surface area contributed by atoms with Gasteiger partial charge < -0.3 is 26.2 Å². The van der Waals surface area contributed by atoms with Crippen LogP contribution in [0.2, 0.25) is 0 Å². The van der Waals surface area contributed by atoms with E-state index in [9.17, 15) is 19.5 Å². The number of amides is 2. The fourth-order valence-corrected chi connectivity index (χ4v) is 2.86. The molecule has 0 saturated carbocycles. The summed E-state index contributed by atoms with van der Waals surface area (Å²) in [5.41, 5.74) is 6.80. The van der Waals surface area contributed by atoms with Gasteiger partial charge in [-0.2, -0.15) is 0 Å². The maximum atomic E-state index is 12.6. The van der Waals surface area contributed by atoms with Crippen molar-refractivity contribution in [2.75, 3.05) is 6.54 Å². The van der Waals surface area contributed by atoms with Gasteiger partial charge in [0.25, 0.3) is 0 Å². The predicted octanol–water partition coefficient (Wildman–Crippen LogP) is -0.158. The van der Waals surface area contributed by atoms with E-state index in [4.69, 9.17) is 10.8 Å². The maximum Gasteiger partial charge on any atom is 0.325 e. The molecule has 3 unspecified atom stereocenters. The number of carboxylic acids is 1. The van der Waals surface area contributed by atoms with Gasteiger partial charge in [0.15, 0.2) is 0 Å². The van der Waals surface area contributed by atoms with E-state index in [-0.39, 0.29) is 18.1 Å². The number of likely N-dealkylation sites (tertiary alicyclic amines) is 1. The van der Waals surface area contributed by atoms with E-state index < -0.39 is 30.0 Å². The van der Waals surface area contributed by atoms with Crippen LogP contribution in [-0.4, -0.2) is 57.6 Å². The first-order valence-electron chi connectivity index (χ1n) is 8.16. The van der Waals surface area contributed by atoms with E-state index >= 15 is 0 Å². The first-order valence-corrected chi connectivity index (χ1v) is 8.16. The SMILES string of the molecule is CC(NC(=O)C1CCCN1C(=O)C(N)Cc1ccc(O)cc1)C(=O)O. The van der Waals surface area contributed by atoms with E-state index in [2.05, 4.69) is 5.32 Å². The number of carbonyl (C=O) groups excluding carboxylic acids is 2. The largest absolute Gasteiger partial charge is 0.508 e. The quantitative estimate of drug-likeness (QED) is 0.564. The van der Waals surface area contributed by atoms with Crippen molar-refractivity contribution in [3.8, 4) is 5.75 Å². The molecule has 0 aliphatic carbocycles. The van der Waals surface area contributed by atoms with Gasteiger partial charge in [0.2, 0.25) is 11.8 Å². The first-order chi connectivity index (χ1) is 11.8. The summed E-state index contributed by atoms with van der Waals surface area (Å²) in [6, 6.07) is 3.89. The molecule has 1 heterocycles. The molecular formula is C17H23N3O5. The second-order valence-corrected chi connectivity index (χ2v) is 6.24. The summed E-state index contributed by atoms with van der Waals surface area (Å²) in [4.78, 5) is 37.2. The second-order valence-electron chi connectivity index (χ2n) is 6.24. The van der Waals surface area contributed by atoms with Gasteiger partial charge in [-0.3, -0.25) is 14.4 Å². The monoisotopic (exact) mass is 349 g/mol. The van der Waals surface area contributed by atoms with Gasteiger partial charge in [-0.15, -0.1) is 0 Å². The Hall–Kier alpha value is -2.61. The summed E-state index contributed by atoms with van der Waals surface area (Å²) in [5.74, 6) is -1.81. The molecule has 5 N–H and O–H groups in total. The van der Waals surface area contributed by atoms with Crippen LogP contribution in [0, 0.1) is 0 Å². The van der Waals surface area contributed by atoms with Gasteiger partial charge in [-0.1, -0.05) is 12.1 Å². The average molecular weight is 349 g/mol. The third kappa shape index (κ3) is 4.69. The Kier molecular flexibility index (Phi) is 5.97. The van der Waals surface area contributed by atoms with E-state index in [1.807, 2.05) is 0 Å². The molecule has 2 amide bonds. The molecule has 0 radical (unpaired) electrons. The minimum absolute atomic E-state index is 0.132. The fraction of sp³-hybridized carbons (Fsp3) is 0.471. The Balaban J connectivity index is 2.00. The number of carbonyl (C=O) groups is 3. The number of nitrogens with one attached hydrogen (secondary N) is 1. The number of hydrogen-bond donors (Lipinski definition) is 4. The molecule has 1 aromatic carbocycles. The lowest BCUT2D eigenvalue weighted by Crippen LogP contribution is -2.53. The highest BCUT2D eigenvalue weighted by atomic mass is 16.4. The minimum atomic E-state index is -1.13. The summed E-state index contributed by atoms with van der Waals surface area (Å²) in [5, 5.41) is 20.6. The van der Waals surface area contributed by atoms with Gasteiger partial charge >= 0.3 is 5.97 Å². The van der Waals surface area contributed by atoms with Crippen LogP contribution in [0.3, 0.4) is 0 Å². The predicted molar refractivity (Wildman–Crippen MR) is 89.8 cm³/mol. The molecule has 1 aromatic rings. The van der Waals surface area contributed by atoms with Crippen LogP contribution in [0.4, 0.5) is 0 Å². The number of phenolic OH excluding ortho intramolecular Hbond substituents is 1. The zero-order chi connectivity index (χ0) is 18.6. The molecule has 1 fully saturated rings. The van der Waals surface area contributed by atoms with Crippen molar-refractivity contribution in [3.63, 3.8) is 0 Å². The molecule has 1 aliphatic heterocycles. The molecular weight excluding hydrogens is 326 g/mol. The lowest BCUT2D eigenvalue weighted by atomic mass is 10.0. The fourth-order valence-electron chi connectivity index (χ4n) is 2.86. The van der Waals surface area contributed by atoms with Gasteiger partial charge in [0.05, 0.1) is 6.04 Å². The number of nitrogens with zero attached hydrogens (tertiary/aromatic N) is 1. The lowest BCUT2D eigenvalue weighted by Gasteiger charge is -2.27. The van der Waals surface area contributed by atoms with Crippen molar-refractivity contribution in [2.45, 2.75) is 44.3 Å². The summed E-state index contributed by atoms with van der Waals surface area (Å²) in [6.45, 7) is 1.79. The van der Waals surface area contributed by atoms with Crippen LogP contribution < -0.4 is 11.1 Å². The van der Waals surface area contributed by atoms with E-state index in [0.29, 0.717) is 19.4 Å². The highest BCUT2D eigenvalue weighted by Crippen LogP contribution is 2.20. The van der Waals surface area contributed by atoms with E-state index in [0.717, 1.165) is 5.56 Å². The van der Waals surface area contributed by atoms with Crippen molar-refractivity contribution in [1.29, 1.82) is 0 Å². The summed E-state index contributed by atoms with van der Waals surface area (Å²) in [6.07, 6.45) is 1.43. The Morgan fingerprint density at radius 1 is 1.32 bits per heavy atom. The normalized spacial score (nSPS) is 19.3. The van der Waals surface area contributed by atoms with Crippen molar-refractivity contribution in [1.82, 2.24) is 10.2 Å². The molecule has 0 spiro atoms. The number of aliphatic carboxylic acids is 1. The summed E-state index contributed by atoms with van der Waals surface area (Å²) >= 11 is 0. The number of phenols is 1. The third-order valence-electron chi connectivity index (χ3n) is 4.28. The zero-order valence-electron chi connectivity index (χ0n) is 14.0. The van der Waals surface area contributed by atoms with Crippen LogP contribution >= 0.6 is 0 Å². The number of aromatic hydroxyl groups is 1. The number of rotatable bonds is 6. The third-order valence-corrected chi connectivity index (χ3v) is 4.28. The molecule has 3 atom stereocenters. The Bertz CT molecular complexity index is 646. The molecule has 8 heteroatoms. The zero-order valence-corrected chi connectivity index (χ0v) is 14.0. The molecule has 1 saturated heterocycles. The second kappa shape index (κ2) is 7.98. The van der Waals surface area contributed by atoms with Crippen molar-refractivity contribution < 1.29 is 24.6 Å². The van der Waals surface area contributed by atoms with Gasteiger partial charge in [0, 0.05) is 6.54 Å². The lowest BCUT2D eigenvalue weighted by molar-refractivity contribution is -0.143. The Morgan fingerprint density at radius 2 is 1.96 bits per heavy atom. The smallest absolute Gasteiger partial charge is 0.325 e. The van der Waals surface area contributed by atoms with Crippen LogP contribution in [0.15, 0.2) is 24.3 Å². The first kappa shape index (κ1) is 18.7.